The van der Waals surface area contributed by atoms with E-state index in [1.807, 2.05) is 24.3 Å². The standard InChI is InChI=1S/C32H37N3O/c1-31(2,3)28-20-27(21-29(30(28)36)32(4,5)6)35-24-17-15-23(16-18-24)34-26-14-10-13-25(19-26)33-22-11-8-7-9-12-22/h7-21,33-36H,1-6H3. The molecule has 0 aromatic heterocycles. The van der Waals surface area contributed by atoms with Gasteiger partial charge in [0.25, 0.3) is 0 Å². The Bertz CT molecular complexity index is 1280. The molecule has 4 aromatic carbocycles. The molecule has 0 amide bonds. The molecule has 4 rings (SSSR count). The number of rotatable bonds is 6. The smallest absolute Gasteiger partial charge is 0.123 e. The SMILES string of the molecule is CC(C)(C)c1cc(Nc2ccc(Nc3cccc(Nc4ccccc4)c3)cc2)cc(C(C)(C)C)c1O. The zero-order chi connectivity index (χ0) is 25.9. The molecule has 0 fully saturated rings. The molecule has 0 saturated carbocycles. The maximum atomic E-state index is 11.0. The number of phenols is 1. The second-order valence-corrected chi connectivity index (χ2v) is 11.3. The molecule has 186 valence electrons. The third-order valence-electron chi connectivity index (χ3n) is 6.11. The zero-order valence-corrected chi connectivity index (χ0v) is 22.1. The van der Waals surface area contributed by atoms with Gasteiger partial charge in [-0.2, -0.15) is 0 Å². The van der Waals surface area contributed by atoms with Crippen LogP contribution in [-0.4, -0.2) is 5.11 Å². The van der Waals surface area contributed by atoms with Crippen molar-refractivity contribution in [3.8, 4) is 5.75 Å². The van der Waals surface area contributed by atoms with Crippen LogP contribution in [0.5, 0.6) is 5.75 Å². The first kappa shape index (κ1) is 25.2. The summed E-state index contributed by atoms with van der Waals surface area (Å²) in [4.78, 5) is 0. The highest BCUT2D eigenvalue weighted by atomic mass is 16.3. The van der Waals surface area contributed by atoms with Gasteiger partial charge in [0.15, 0.2) is 0 Å². The Kier molecular flexibility index (Phi) is 6.98. The van der Waals surface area contributed by atoms with Crippen LogP contribution >= 0.6 is 0 Å². The van der Waals surface area contributed by atoms with Crippen molar-refractivity contribution in [3.05, 3.63) is 102 Å². The number of nitrogens with one attached hydrogen (secondary N) is 3. The Balaban J connectivity index is 1.50. The summed E-state index contributed by atoms with van der Waals surface area (Å²) >= 11 is 0. The summed E-state index contributed by atoms with van der Waals surface area (Å²) in [6, 6.07) is 30.8. The molecule has 0 bridgehead atoms. The van der Waals surface area contributed by atoms with Gasteiger partial charge in [-0.15, -0.1) is 0 Å². The number of phenolic OH excluding ortho intramolecular Hbond substituents is 1. The summed E-state index contributed by atoms with van der Waals surface area (Å²) in [6.45, 7) is 12.8. The van der Waals surface area contributed by atoms with Crippen molar-refractivity contribution in [2.45, 2.75) is 52.4 Å². The van der Waals surface area contributed by atoms with Gasteiger partial charge in [0.05, 0.1) is 0 Å². The van der Waals surface area contributed by atoms with Gasteiger partial charge in [-0.3, -0.25) is 0 Å². The van der Waals surface area contributed by atoms with Crippen LogP contribution in [0, 0.1) is 0 Å². The molecule has 4 aromatic rings. The lowest BCUT2D eigenvalue weighted by atomic mass is 9.79. The minimum Gasteiger partial charge on any atom is -0.507 e. The molecule has 0 unspecified atom stereocenters. The molecule has 0 aliphatic rings. The lowest BCUT2D eigenvalue weighted by Gasteiger charge is -2.28. The topological polar surface area (TPSA) is 56.3 Å². The first-order valence-electron chi connectivity index (χ1n) is 12.4. The quantitative estimate of drug-likeness (QED) is 0.208. The van der Waals surface area contributed by atoms with Crippen molar-refractivity contribution in [2.75, 3.05) is 16.0 Å². The third-order valence-corrected chi connectivity index (χ3v) is 6.11. The Morgan fingerprint density at radius 2 is 0.833 bits per heavy atom. The van der Waals surface area contributed by atoms with Crippen molar-refractivity contribution >= 4 is 34.1 Å². The van der Waals surface area contributed by atoms with Gasteiger partial charge in [0, 0.05) is 45.3 Å². The normalized spacial score (nSPS) is 11.7. The van der Waals surface area contributed by atoms with E-state index < -0.39 is 0 Å². The van der Waals surface area contributed by atoms with Crippen molar-refractivity contribution in [2.24, 2.45) is 0 Å². The van der Waals surface area contributed by atoms with Gasteiger partial charge >= 0.3 is 0 Å². The van der Waals surface area contributed by atoms with E-state index in [0.717, 1.165) is 45.3 Å². The molecule has 0 aliphatic heterocycles. The maximum absolute atomic E-state index is 11.0. The molecule has 0 atom stereocenters. The fourth-order valence-electron chi connectivity index (χ4n) is 4.18. The van der Waals surface area contributed by atoms with Crippen LogP contribution in [-0.2, 0) is 10.8 Å². The van der Waals surface area contributed by atoms with Crippen molar-refractivity contribution in [1.82, 2.24) is 0 Å². The van der Waals surface area contributed by atoms with Crippen LogP contribution in [0.3, 0.4) is 0 Å². The van der Waals surface area contributed by atoms with Crippen molar-refractivity contribution < 1.29 is 5.11 Å². The first-order valence-corrected chi connectivity index (χ1v) is 12.4. The summed E-state index contributed by atoms with van der Waals surface area (Å²) in [5.41, 5.74) is 7.63. The lowest BCUT2D eigenvalue weighted by Crippen LogP contribution is -2.17. The molecule has 0 radical (unpaired) electrons. The fourth-order valence-corrected chi connectivity index (χ4v) is 4.18. The van der Waals surface area contributed by atoms with Gasteiger partial charge in [-0.25, -0.2) is 0 Å². The van der Waals surface area contributed by atoms with Crippen LogP contribution < -0.4 is 16.0 Å². The summed E-state index contributed by atoms with van der Waals surface area (Å²) < 4.78 is 0. The molecule has 36 heavy (non-hydrogen) atoms. The molecule has 4 nitrogen and oxygen atoms in total. The molecule has 0 saturated heterocycles. The van der Waals surface area contributed by atoms with Gasteiger partial charge < -0.3 is 21.1 Å². The molecule has 0 heterocycles. The van der Waals surface area contributed by atoms with Crippen LogP contribution in [0.4, 0.5) is 34.1 Å². The molecule has 0 aliphatic carbocycles. The number of hydrogen-bond acceptors (Lipinski definition) is 4. The molecule has 4 heteroatoms. The molecule has 0 spiro atoms. The number of aromatic hydroxyl groups is 1. The van der Waals surface area contributed by atoms with E-state index in [4.69, 9.17) is 0 Å². The van der Waals surface area contributed by atoms with E-state index in [-0.39, 0.29) is 10.8 Å². The summed E-state index contributed by atoms with van der Waals surface area (Å²) in [6.07, 6.45) is 0. The van der Waals surface area contributed by atoms with Crippen molar-refractivity contribution in [3.63, 3.8) is 0 Å². The predicted molar refractivity (Wildman–Crippen MR) is 155 cm³/mol. The van der Waals surface area contributed by atoms with E-state index in [0.29, 0.717) is 5.75 Å². The number of para-hydroxylation sites is 1. The molecular weight excluding hydrogens is 442 g/mol. The van der Waals surface area contributed by atoms with Crippen molar-refractivity contribution in [1.29, 1.82) is 0 Å². The second-order valence-electron chi connectivity index (χ2n) is 11.3. The van der Waals surface area contributed by atoms with Crippen LogP contribution in [0.1, 0.15) is 52.7 Å². The second kappa shape index (κ2) is 9.98. The van der Waals surface area contributed by atoms with E-state index >= 15 is 0 Å². The average Bonchev–Trinajstić information content (AvgIpc) is 2.81. The largest absolute Gasteiger partial charge is 0.507 e. The Labute approximate surface area is 215 Å². The Morgan fingerprint density at radius 3 is 1.28 bits per heavy atom. The van der Waals surface area contributed by atoms with Gasteiger partial charge in [-0.05, 0) is 77.6 Å². The minimum absolute atomic E-state index is 0.167. The van der Waals surface area contributed by atoms with Gasteiger partial charge in [0.1, 0.15) is 5.75 Å². The average molecular weight is 480 g/mol. The van der Waals surface area contributed by atoms with E-state index in [9.17, 15) is 5.11 Å². The lowest BCUT2D eigenvalue weighted by molar-refractivity contribution is 0.423. The minimum atomic E-state index is -0.167. The third kappa shape index (κ3) is 6.19. The van der Waals surface area contributed by atoms with Crippen LogP contribution in [0.15, 0.2) is 91.0 Å². The number of anilines is 6. The monoisotopic (exact) mass is 479 g/mol. The van der Waals surface area contributed by atoms with Gasteiger partial charge in [0.2, 0.25) is 0 Å². The first-order chi connectivity index (χ1) is 17.0. The van der Waals surface area contributed by atoms with Crippen LogP contribution in [0.2, 0.25) is 0 Å². The van der Waals surface area contributed by atoms with E-state index in [1.54, 1.807) is 0 Å². The van der Waals surface area contributed by atoms with Crippen LogP contribution in [0.25, 0.3) is 0 Å². The Hall–Kier alpha value is -3.92. The predicted octanol–water partition coefficient (Wildman–Crippen LogP) is 9.22. The summed E-state index contributed by atoms with van der Waals surface area (Å²) in [7, 11) is 0. The zero-order valence-electron chi connectivity index (χ0n) is 22.1. The maximum Gasteiger partial charge on any atom is 0.123 e. The van der Waals surface area contributed by atoms with Gasteiger partial charge in [-0.1, -0.05) is 65.8 Å². The molecule has 4 N–H and O–H groups in total. The number of hydrogen-bond donors (Lipinski definition) is 4. The fraction of sp³-hybridized carbons (Fsp3) is 0.250. The number of benzene rings is 4. The highest BCUT2D eigenvalue weighted by Crippen LogP contribution is 2.41. The highest BCUT2D eigenvalue weighted by molar-refractivity contribution is 5.71. The molecular formula is C32H37N3O. The van der Waals surface area contributed by atoms with E-state index in [2.05, 4.69) is 124 Å². The highest BCUT2D eigenvalue weighted by Gasteiger charge is 2.26. The Morgan fingerprint density at radius 1 is 0.444 bits per heavy atom. The summed E-state index contributed by atoms with van der Waals surface area (Å²) in [5.74, 6) is 0.393. The van der Waals surface area contributed by atoms with E-state index in [1.165, 1.54) is 0 Å². The summed E-state index contributed by atoms with van der Waals surface area (Å²) in [5, 5.41) is 21.4.